The van der Waals surface area contributed by atoms with E-state index in [1.165, 1.54) is 0 Å². The Morgan fingerprint density at radius 2 is 2.25 bits per heavy atom. The smallest absolute Gasteiger partial charge is 0.248 e. The molecule has 20 heavy (non-hydrogen) atoms. The number of carbonyl (C=O) groups is 1. The van der Waals surface area contributed by atoms with Gasteiger partial charge in [-0.3, -0.25) is 4.79 Å². The van der Waals surface area contributed by atoms with Crippen LogP contribution >= 0.6 is 15.9 Å². The van der Waals surface area contributed by atoms with Gasteiger partial charge in [0.25, 0.3) is 0 Å². The van der Waals surface area contributed by atoms with Gasteiger partial charge in [-0.15, -0.1) is 0 Å². The summed E-state index contributed by atoms with van der Waals surface area (Å²) in [5.74, 6) is 0.411. The molecule has 1 aromatic heterocycles. The Bertz CT molecular complexity index is 662. The van der Waals surface area contributed by atoms with Crippen LogP contribution in [0.15, 0.2) is 34.8 Å². The lowest BCUT2D eigenvalue weighted by atomic mass is 10.2. The van der Waals surface area contributed by atoms with E-state index in [2.05, 4.69) is 20.9 Å². The molecule has 2 aromatic rings. The Hall–Kier alpha value is -1.66. The number of carbonyl (C=O) groups excluding carboxylic acids is 1. The number of ether oxygens (including phenoxy) is 1. The van der Waals surface area contributed by atoms with Gasteiger partial charge in [-0.1, -0.05) is 15.9 Å². The van der Waals surface area contributed by atoms with Crippen LogP contribution in [0.1, 0.15) is 0 Å². The molecule has 0 bridgehead atoms. The third-order valence-electron chi connectivity index (χ3n) is 3.34. The van der Waals surface area contributed by atoms with Gasteiger partial charge >= 0.3 is 0 Å². The largest absolute Gasteiger partial charge is 0.367 e. The Kier molecular flexibility index (Phi) is 3.58. The standard InChI is InChI=1S/C14H14BrN3O2/c15-10-2-3-11-9(7-10)1-4-13(17-11)18-5-6-20-12(8-18)14(16)19/h1-4,7,12H,5-6,8H2,(H2,16,19)/t12-/m1/s1. The molecule has 104 valence electrons. The van der Waals surface area contributed by atoms with Crippen molar-refractivity contribution in [1.82, 2.24) is 4.98 Å². The summed E-state index contributed by atoms with van der Waals surface area (Å²) in [7, 11) is 0. The molecule has 0 spiro atoms. The van der Waals surface area contributed by atoms with Crippen molar-refractivity contribution in [2.75, 3.05) is 24.6 Å². The predicted molar refractivity (Wildman–Crippen MR) is 80.6 cm³/mol. The monoisotopic (exact) mass is 335 g/mol. The van der Waals surface area contributed by atoms with Gasteiger partial charge < -0.3 is 15.4 Å². The first kappa shape index (κ1) is 13.3. The number of halogens is 1. The minimum Gasteiger partial charge on any atom is -0.367 e. The third-order valence-corrected chi connectivity index (χ3v) is 3.84. The van der Waals surface area contributed by atoms with Gasteiger partial charge in [0.05, 0.1) is 18.7 Å². The van der Waals surface area contributed by atoms with E-state index in [9.17, 15) is 4.79 Å². The van der Waals surface area contributed by atoms with Gasteiger partial charge in [0.15, 0.2) is 6.10 Å². The third kappa shape index (κ3) is 2.62. The summed E-state index contributed by atoms with van der Waals surface area (Å²) < 4.78 is 6.37. The van der Waals surface area contributed by atoms with E-state index in [0.29, 0.717) is 19.7 Å². The van der Waals surface area contributed by atoms with Gasteiger partial charge in [-0.2, -0.15) is 0 Å². The zero-order chi connectivity index (χ0) is 14.1. The van der Waals surface area contributed by atoms with Crippen molar-refractivity contribution in [1.29, 1.82) is 0 Å². The van der Waals surface area contributed by atoms with Crippen LogP contribution in [-0.4, -0.2) is 36.7 Å². The number of morpholine rings is 1. The van der Waals surface area contributed by atoms with Crippen molar-refractivity contribution in [2.24, 2.45) is 5.73 Å². The molecule has 2 N–H and O–H groups in total. The molecule has 1 aromatic carbocycles. The van der Waals surface area contributed by atoms with E-state index in [1.54, 1.807) is 0 Å². The number of nitrogens with two attached hydrogens (primary N) is 1. The van der Waals surface area contributed by atoms with E-state index < -0.39 is 12.0 Å². The summed E-state index contributed by atoms with van der Waals surface area (Å²) in [6, 6.07) is 9.94. The van der Waals surface area contributed by atoms with Crippen LogP contribution in [0.5, 0.6) is 0 Å². The van der Waals surface area contributed by atoms with Crippen LogP contribution in [0.2, 0.25) is 0 Å². The highest BCUT2D eigenvalue weighted by atomic mass is 79.9. The van der Waals surface area contributed by atoms with Crippen molar-refractivity contribution in [3.8, 4) is 0 Å². The van der Waals surface area contributed by atoms with Gasteiger partial charge in [0.2, 0.25) is 5.91 Å². The molecule has 1 saturated heterocycles. The van der Waals surface area contributed by atoms with E-state index >= 15 is 0 Å². The van der Waals surface area contributed by atoms with Crippen LogP contribution in [-0.2, 0) is 9.53 Å². The van der Waals surface area contributed by atoms with E-state index in [1.807, 2.05) is 35.2 Å². The first-order valence-electron chi connectivity index (χ1n) is 6.36. The van der Waals surface area contributed by atoms with Crippen molar-refractivity contribution in [3.05, 3.63) is 34.8 Å². The summed E-state index contributed by atoms with van der Waals surface area (Å²) in [6.07, 6.45) is -0.564. The molecule has 1 atom stereocenters. The minimum absolute atomic E-state index is 0.431. The fraction of sp³-hybridized carbons (Fsp3) is 0.286. The second-order valence-corrected chi connectivity index (χ2v) is 5.63. The molecule has 1 fully saturated rings. The molecule has 0 radical (unpaired) electrons. The van der Waals surface area contributed by atoms with Crippen LogP contribution in [0.25, 0.3) is 10.9 Å². The number of fused-ring (bicyclic) bond motifs is 1. The topological polar surface area (TPSA) is 68.5 Å². The SMILES string of the molecule is NC(=O)[C@H]1CN(c2ccc3cc(Br)ccc3n2)CCO1. The molecule has 6 heteroatoms. The number of hydrogen-bond donors (Lipinski definition) is 1. The maximum atomic E-state index is 11.2. The summed E-state index contributed by atoms with van der Waals surface area (Å²) in [6.45, 7) is 1.64. The molecular weight excluding hydrogens is 322 g/mol. The van der Waals surface area contributed by atoms with Crippen LogP contribution in [0.3, 0.4) is 0 Å². The average Bonchev–Trinajstić information content (AvgIpc) is 2.47. The molecule has 3 rings (SSSR count). The number of primary amides is 1. The second-order valence-electron chi connectivity index (χ2n) is 4.71. The normalized spacial score (nSPS) is 19.2. The highest BCUT2D eigenvalue weighted by Gasteiger charge is 2.25. The molecule has 1 amide bonds. The van der Waals surface area contributed by atoms with Crippen molar-refractivity contribution < 1.29 is 9.53 Å². The van der Waals surface area contributed by atoms with Crippen LogP contribution in [0, 0.1) is 0 Å². The summed E-state index contributed by atoms with van der Waals surface area (Å²) in [5.41, 5.74) is 6.22. The molecular formula is C14H14BrN3O2. The quantitative estimate of drug-likeness (QED) is 0.906. The van der Waals surface area contributed by atoms with Gasteiger partial charge in [0, 0.05) is 16.4 Å². The number of benzene rings is 1. The predicted octanol–water partition coefficient (Wildman–Crippen LogP) is 1.69. The second kappa shape index (κ2) is 5.38. The van der Waals surface area contributed by atoms with Crippen molar-refractivity contribution >= 4 is 38.6 Å². The number of pyridine rings is 1. The van der Waals surface area contributed by atoms with E-state index in [0.717, 1.165) is 21.2 Å². The highest BCUT2D eigenvalue weighted by Crippen LogP contribution is 2.22. The first-order chi connectivity index (χ1) is 9.63. The fourth-order valence-electron chi connectivity index (χ4n) is 2.29. The molecule has 0 aliphatic carbocycles. The maximum absolute atomic E-state index is 11.2. The number of amides is 1. The minimum atomic E-state index is -0.564. The number of aromatic nitrogens is 1. The Morgan fingerprint density at radius 1 is 1.40 bits per heavy atom. The first-order valence-corrected chi connectivity index (χ1v) is 7.15. The van der Waals surface area contributed by atoms with Crippen molar-refractivity contribution in [2.45, 2.75) is 6.10 Å². The summed E-state index contributed by atoms with van der Waals surface area (Å²) in [5, 5.41) is 1.07. The molecule has 5 nitrogen and oxygen atoms in total. The molecule has 1 aliphatic rings. The zero-order valence-corrected chi connectivity index (χ0v) is 12.3. The zero-order valence-electron chi connectivity index (χ0n) is 10.8. The number of nitrogens with zero attached hydrogens (tertiary/aromatic N) is 2. The molecule has 2 heterocycles. The van der Waals surface area contributed by atoms with E-state index in [4.69, 9.17) is 10.5 Å². The summed E-state index contributed by atoms with van der Waals surface area (Å²) in [4.78, 5) is 17.9. The number of anilines is 1. The van der Waals surface area contributed by atoms with Crippen LogP contribution < -0.4 is 10.6 Å². The van der Waals surface area contributed by atoms with Gasteiger partial charge in [0.1, 0.15) is 5.82 Å². The lowest BCUT2D eigenvalue weighted by molar-refractivity contribution is -0.130. The Labute approximate surface area is 124 Å². The molecule has 0 unspecified atom stereocenters. The highest BCUT2D eigenvalue weighted by molar-refractivity contribution is 9.10. The number of hydrogen-bond acceptors (Lipinski definition) is 4. The Morgan fingerprint density at radius 3 is 3.05 bits per heavy atom. The Balaban J connectivity index is 1.90. The van der Waals surface area contributed by atoms with Gasteiger partial charge in [-0.05, 0) is 30.3 Å². The van der Waals surface area contributed by atoms with Crippen LogP contribution in [0.4, 0.5) is 5.82 Å². The lowest BCUT2D eigenvalue weighted by Crippen LogP contribution is -2.48. The molecule has 0 saturated carbocycles. The lowest BCUT2D eigenvalue weighted by Gasteiger charge is -2.32. The van der Waals surface area contributed by atoms with E-state index in [-0.39, 0.29) is 0 Å². The number of rotatable bonds is 2. The summed E-state index contributed by atoms with van der Waals surface area (Å²) >= 11 is 3.45. The molecule has 1 aliphatic heterocycles. The van der Waals surface area contributed by atoms with Crippen molar-refractivity contribution in [3.63, 3.8) is 0 Å². The fourth-order valence-corrected chi connectivity index (χ4v) is 2.67. The average molecular weight is 336 g/mol. The maximum Gasteiger partial charge on any atom is 0.248 e. The van der Waals surface area contributed by atoms with Gasteiger partial charge in [-0.25, -0.2) is 4.98 Å².